The van der Waals surface area contributed by atoms with Gasteiger partial charge >= 0.3 is 0 Å². The third-order valence-corrected chi connectivity index (χ3v) is 3.49. The van der Waals surface area contributed by atoms with Gasteiger partial charge < -0.3 is 32.3 Å². The molecule has 0 aromatic heterocycles. The van der Waals surface area contributed by atoms with Crippen LogP contribution in [0, 0.1) is 0 Å². The lowest BCUT2D eigenvalue weighted by atomic mass is 10.0. The van der Waals surface area contributed by atoms with E-state index in [9.17, 15) is 5.11 Å². The maximum atomic E-state index is 10.0. The fourth-order valence-electron chi connectivity index (χ4n) is 2.44. The summed E-state index contributed by atoms with van der Waals surface area (Å²) in [4.78, 5) is 0. The molecule has 5 heteroatoms. The molecule has 2 rings (SSSR count). The topological polar surface area (TPSA) is 55.3 Å². The van der Waals surface area contributed by atoms with Crippen LogP contribution in [-0.2, 0) is 6.42 Å². The van der Waals surface area contributed by atoms with Crippen molar-refractivity contribution in [2.75, 3.05) is 13.2 Å². The van der Waals surface area contributed by atoms with Gasteiger partial charge in [-0.25, -0.2) is 0 Å². The summed E-state index contributed by atoms with van der Waals surface area (Å²) in [5, 5.41) is 12.1. The molecule has 1 atom stereocenters. The van der Waals surface area contributed by atoms with Crippen molar-refractivity contribution in [3.05, 3.63) is 23.8 Å². The second kappa shape index (κ2) is 7.07. The minimum atomic E-state index is -0.491. The Morgan fingerprint density at radius 3 is 2.68 bits per heavy atom. The van der Waals surface area contributed by atoms with Gasteiger partial charge in [0, 0.05) is 12.0 Å². The predicted octanol–water partition coefficient (Wildman–Crippen LogP) is -1.49. The molecule has 1 aromatic carbocycles. The predicted molar refractivity (Wildman–Crippen MR) is 82.9 cm³/mol. The summed E-state index contributed by atoms with van der Waals surface area (Å²) in [5.74, 6) is 1.56. The molecule has 3 N–H and O–H groups in total. The SMILES string of the molecule is CC(C)(C)[NH2+]CC(O)COc1cccc2c1OC(C)(C)C2.[Cl-]. The van der Waals surface area contributed by atoms with E-state index in [1.54, 1.807) is 0 Å². The number of rotatable bonds is 5. The van der Waals surface area contributed by atoms with E-state index in [4.69, 9.17) is 9.47 Å². The van der Waals surface area contributed by atoms with E-state index < -0.39 is 6.10 Å². The van der Waals surface area contributed by atoms with Gasteiger partial charge in [0.1, 0.15) is 24.9 Å². The monoisotopic (exact) mass is 329 g/mol. The van der Waals surface area contributed by atoms with Gasteiger partial charge in [-0.05, 0) is 40.7 Å². The first-order chi connectivity index (χ1) is 9.66. The number of aliphatic hydroxyl groups is 1. The number of quaternary nitrogens is 1. The first-order valence-corrected chi connectivity index (χ1v) is 7.62. The molecule has 0 amide bonds. The minimum absolute atomic E-state index is 0. The Morgan fingerprint density at radius 2 is 2.05 bits per heavy atom. The highest BCUT2D eigenvalue weighted by Gasteiger charge is 2.32. The molecule has 22 heavy (non-hydrogen) atoms. The van der Waals surface area contributed by atoms with E-state index in [0.29, 0.717) is 6.54 Å². The standard InChI is InChI=1S/C17H27NO3.ClH/c1-16(2,3)18-10-13(19)11-20-14-8-6-7-12-9-17(4,5)21-15(12)14;/h6-8,13,18-19H,9-11H2,1-5H3;1H. The largest absolute Gasteiger partial charge is 1.00 e. The molecular formula is C17H28ClNO3. The normalized spacial score (nSPS) is 17.2. The zero-order chi connectivity index (χ0) is 15.7. The van der Waals surface area contributed by atoms with E-state index in [2.05, 4.69) is 46.0 Å². The zero-order valence-corrected chi connectivity index (χ0v) is 14.9. The van der Waals surface area contributed by atoms with Crippen LogP contribution in [0.2, 0.25) is 0 Å². The molecule has 1 heterocycles. The Kier molecular flexibility index (Phi) is 6.13. The fourth-order valence-corrected chi connectivity index (χ4v) is 2.44. The summed E-state index contributed by atoms with van der Waals surface area (Å²) >= 11 is 0. The lowest BCUT2D eigenvalue weighted by Gasteiger charge is -2.20. The van der Waals surface area contributed by atoms with Crippen molar-refractivity contribution in [1.82, 2.24) is 0 Å². The Balaban J connectivity index is 0.00000242. The Bertz CT molecular complexity index is 497. The Labute approximate surface area is 139 Å². The lowest BCUT2D eigenvalue weighted by Crippen LogP contribution is -3.00. The summed E-state index contributed by atoms with van der Waals surface area (Å²) in [6.45, 7) is 11.4. The smallest absolute Gasteiger partial charge is 0.165 e. The van der Waals surface area contributed by atoms with Crippen LogP contribution in [0.5, 0.6) is 11.5 Å². The maximum absolute atomic E-state index is 10.0. The molecule has 0 spiro atoms. The number of hydrogen-bond donors (Lipinski definition) is 2. The van der Waals surface area contributed by atoms with Gasteiger partial charge in [0.05, 0.1) is 5.54 Å². The number of nitrogens with two attached hydrogens (primary N) is 1. The third kappa shape index (κ3) is 5.34. The number of fused-ring (bicyclic) bond motifs is 1. The van der Waals surface area contributed by atoms with Gasteiger partial charge in [-0.2, -0.15) is 0 Å². The van der Waals surface area contributed by atoms with Crippen molar-refractivity contribution in [3.8, 4) is 11.5 Å². The number of hydrogen-bond acceptors (Lipinski definition) is 3. The number of aliphatic hydroxyl groups excluding tert-OH is 1. The Morgan fingerprint density at radius 1 is 1.36 bits per heavy atom. The minimum Gasteiger partial charge on any atom is -1.00 e. The third-order valence-electron chi connectivity index (χ3n) is 3.49. The van der Waals surface area contributed by atoms with Crippen molar-refractivity contribution in [1.29, 1.82) is 0 Å². The maximum Gasteiger partial charge on any atom is 0.165 e. The molecule has 0 radical (unpaired) electrons. The number of halogens is 1. The van der Waals surface area contributed by atoms with Gasteiger partial charge in [-0.3, -0.25) is 0 Å². The van der Waals surface area contributed by atoms with Gasteiger partial charge in [-0.15, -0.1) is 0 Å². The Hall–Kier alpha value is -0.970. The molecule has 0 fully saturated rings. The molecule has 1 aliphatic heterocycles. The van der Waals surface area contributed by atoms with Crippen LogP contribution in [-0.4, -0.2) is 35.5 Å². The van der Waals surface area contributed by atoms with Crippen LogP contribution in [0.4, 0.5) is 0 Å². The van der Waals surface area contributed by atoms with Crippen molar-refractivity contribution in [2.24, 2.45) is 0 Å². The molecular weight excluding hydrogens is 302 g/mol. The molecule has 4 nitrogen and oxygen atoms in total. The molecule has 0 saturated heterocycles. The van der Waals surface area contributed by atoms with Gasteiger partial charge in [0.2, 0.25) is 0 Å². The average molecular weight is 330 g/mol. The van der Waals surface area contributed by atoms with E-state index in [1.807, 2.05) is 12.1 Å². The summed E-state index contributed by atoms with van der Waals surface area (Å²) in [6.07, 6.45) is 0.398. The first kappa shape index (κ1) is 19.1. The first-order valence-electron chi connectivity index (χ1n) is 7.62. The van der Waals surface area contributed by atoms with Crippen molar-refractivity contribution in [3.63, 3.8) is 0 Å². The fraction of sp³-hybridized carbons (Fsp3) is 0.647. The molecule has 0 saturated carbocycles. The second-order valence-electron chi connectivity index (χ2n) is 7.55. The molecule has 1 unspecified atom stereocenters. The van der Waals surface area contributed by atoms with E-state index in [0.717, 1.165) is 17.9 Å². The highest BCUT2D eigenvalue weighted by molar-refractivity contribution is 5.50. The van der Waals surface area contributed by atoms with Gasteiger partial charge in [-0.1, -0.05) is 12.1 Å². The van der Waals surface area contributed by atoms with E-state index in [1.165, 1.54) is 5.56 Å². The van der Waals surface area contributed by atoms with Crippen LogP contribution in [0.1, 0.15) is 40.2 Å². The van der Waals surface area contributed by atoms with Crippen LogP contribution >= 0.6 is 0 Å². The summed E-state index contributed by atoms with van der Waals surface area (Å²) in [6, 6.07) is 5.95. The van der Waals surface area contributed by atoms with Crippen LogP contribution in [0.25, 0.3) is 0 Å². The highest BCUT2D eigenvalue weighted by atomic mass is 35.5. The summed E-state index contributed by atoms with van der Waals surface area (Å²) in [5.41, 5.74) is 1.11. The second-order valence-corrected chi connectivity index (χ2v) is 7.55. The van der Waals surface area contributed by atoms with Crippen molar-refractivity contribution in [2.45, 2.75) is 58.3 Å². The zero-order valence-electron chi connectivity index (χ0n) is 14.1. The van der Waals surface area contributed by atoms with Crippen LogP contribution < -0.4 is 27.2 Å². The lowest BCUT2D eigenvalue weighted by molar-refractivity contribution is -0.722. The van der Waals surface area contributed by atoms with Crippen LogP contribution in [0.3, 0.4) is 0 Å². The van der Waals surface area contributed by atoms with Gasteiger partial charge in [0.15, 0.2) is 11.5 Å². The highest BCUT2D eigenvalue weighted by Crippen LogP contribution is 2.41. The quantitative estimate of drug-likeness (QED) is 0.692. The van der Waals surface area contributed by atoms with Gasteiger partial charge in [0.25, 0.3) is 0 Å². The van der Waals surface area contributed by atoms with Crippen molar-refractivity contribution >= 4 is 0 Å². The molecule has 0 bridgehead atoms. The number of para-hydroxylation sites is 1. The number of ether oxygens (including phenoxy) is 2. The summed E-state index contributed by atoms with van der Waals surface area (Å²) < 4.78 is 11.7. The molecule has 126 valence electrons. The number of benzene rings is 1. The average Bonchev–Trinajstić information content (AvgIpc) is 2.67. The molecule has 1 aliphatic rings. The van der Waals surface area contributed by atoms with E-state index >= 15 is 0 Å². The van der Waals surface area contributed by atoms with E-state index in [-0.39, 0.29) is 30.2 Å². The summed E-state index contributed by atoms with van der Waals surface area (Å²) in [7, 11) is 0. The van der Waals surface area contributed by atoms with Crippen molar-refractivity contribution < 1.29 is 32.3 Å². The molecule has 1 aromatic rings. The van der Waals surface area contributed by atoms with Crippen LogP contribution in [0.15, 0.2) is 18.2 Å². The molecule has 0 aliphatic carbocycles.